The van der Waals surface area contributed by atoms with Crippen molar-refractivity contribution in [2.75, 3.05) is 20.8 Å². The lowest BCUT2D eigenvalue weighted by molar-refractivity contribution is -0.150. The van der Waals surface area contributed by atoms with E-state index in [2.05, 4.69) is 5.32 Å². The Morgan fingerprint density at radius 1 is 1.12 bits per heavy atom. The van der Waals surface area contributed by atoms with Gasteiger partial charge in [-0.1, -0.05) is 19.3 Å². The molecule has 1 aromatic rings. The molecular weight excluding hydrogens is 310 g/mol. The molecule has 6 nitrogen and oxygen atoms in total. The van der Waals surface area contributed by atoms with Crippen molar-refractivity contribution >= 4 is 11.9 Å². The van der Waals surface area contributed by atoms with Gasteiger partial charge in [-0.3, -0.25) is 9.59 Å². The predicted octanol–water partition coefficient (Wildman–Crippen LogP) is 2.78. The largest absolute Gasteiger partial charge is 0.493 e. The molecule has 6 heteroatoms. The maximum atomic E-state index is 12.5. The van der Waals surface area contributed by atoms with E-state index in [9.17, 15) is 14.7 Å². The highest BCUT2D eigenvalue weighted by Gasteiger charge is 2.39. The molecule has 0 spiro atoms. The maximum Gasteiger partial charge on any atom is 0.311 e. The number of aliphatic carboxylic acids is 1. The zero-order valence-electron chi connectivity index (χ0n) is 14.5. The zero-order valence-corrected chi connectivity index (χ0v) is 14.5. The first-order valence-electron chi connectivity index (χ1n) is 8.18. The molecule has 1 aliphatic rings. The highest BCUT2D eigenvalue weighted by Crippen LogP contribution is 2.36. The van der Waals surface area contributed by atoms with Gasteiger partial charge in [0.25, 0.3) is 5.91 Å². The molecule has 24 heavy (non-hydrogen) atoms. The van der Waals surface area contributed by atoms with E-state index in [0.29, 0.717) is 29.9 Å². The molecule has 0 saturated heterocycles. The lowest BCUT2D eigenvalue weighted by Crippen LogP contribution is -2.44. The fourth-order valence-electron chi connectivity index (χ4n) is 3.26. The van der Waals surface area contributed by atoms with Crippen molar-refractivity contribution in [1.82, 2.24) is 5.32 Å². The van der Waals surface area contributed by atoms with Gasteiger partial charge in [0.1, 0.15) is 0 Å². The Kier molecular flexibility index (Phi) is 5.70. The Bertz CT molecular complexity index is 620. The summed E-state index contributed by atoms with van der Waals surface area (Å²) in [6.45, 7) is 1.96. The van der Waals surface area contributed by atoms with E-state index < -0.39 is 11.4 Å². The van der Waals surface area contributed by atoms with Gasteiger partial charge in [-0.2, -0.15) is 0 Å². The second-order valence-corrected chi connectivity index (χ2v) is 6.35. The molecule has 0 aromatic heterocycles. The number of aryl methyl sites for hydroxylation is 1. The number of rotatable bonds is 6. The number of carbonyl (C=O) groups excluding carboxylic acids is 1. The Morgan fingerprint density at radius 3 is 2.25 bits per heavy atom. The van der Waals surface area contributed by atoms with Crippen molar-refractivity contribution in [3.63, 3.8) is 0 Å². The topological polar surface area (TPSA) is 84.9 Å². The van der Waals surface area contributed by atoms with E-state index in [1.807, 2.05) is 6.92 Å². The van der Waals surface area contributed by atoms with Crippen LogP contribution in [0.25, 0.3) is 0 Å². The number of hydrogen-bond donors (Lipinski definition) is 2. The molecule has 1 fully saturated rings. The second-order valence-electron chi connectivity index (χ2n) is 6.35. The number of nitrogens with one attached hydrogen (secondary N) is 1. The van der Waals surface area contributed by atoms with Crippen molar-refractivity contribution in [3.8, 4) is 11.5 Å². The number of methoxy groups -OCH3 is 2. The highest BCUT2D eigenvalue weighted by molar-refractivity contribution is 5.96. The van der Waals surface area contributed by atoms with E-state index in [4.69, 9.17) is 9.47 Å². The Labute approximate surface area is 142 Å². The zero-order chi connectivity index (χ0) is 17.7. The van der Waals surface area contributed by atoms with Crippen LogP contribution in [-0.2, 0) is 4.79 Å². The molecule has 132 valence electrons. The average molecular weight is 335 g/mol. The normalized spacial score (nSPS) is 16.3. The minimum Gasteiger partial charge on any atom is -0.493 e. The lowest BCUT2D eigenvalue weighted by atomic mass is 9.74. The van der Waals surface area contributed by atoms with Gasteiger partial charge in [-0.25, -0.2) is 0 Å². The van der Waals surface area contributed by atoms with Crippen molar-refractivity contribution in [2.45, 2.75) is 39.0 Å². The Hall–Kier alpha value is -2.24. The average Bonchev–Trinajstić information content (AvgIpc) is 2.60. The van der Waals surface area contributed by atoms with E-state index in [1.54, 1.807) is 12.1 Å². The van der Waals surface area contributed by atoms with Crippen LogP contribution in [0.3, 0.4) is 0 Å². The van der Waals surface area contributed by atoms with Gasteiger partial charge in [0.15, 0.2) is 11.5 Å². The summed E-state index contributed by atoms with van der Waals surface area (Å²) in [6.07, 6.45) is 4.04. The van der Waals surface area contributed by atoms with Gasteiger partial charge in [0.05, 0.1) is 19.6 Å². The molecule has 0 radical (unpaired) electrons. The van der Waals surface area contributed by atoms with Crippen molar-refractivity contribution in [1.29, 1.82) is 0 Å². The monoisotopic (exact) mass is 335 g/mol. The van der Waals surface area contributed by atoms with Gasteiger partial charge in [0.2, 0.25) is 0 Å². The number of carboxylic acid groups (broad SMARTS) is 1. The van der Waals surface area contributed by atoms with E-state index in [1.165, 1.54) is 14.2 Å². The van der Waals surface area contributed by atoms with Crippen LogP contribution in [0.5, 0.6) is 11.5 Å². The van der Waals surface area contributed by atoms with Crippen LogP contribution in [0.4, 0.5) is 0 Å². The van der Waals surface area contributed by atoms with Gasteiger partial charge in [-0.15, -0.1) is 0 Å². The summed E-state index contributed by atoms with van der Waals surface area (Å²) in [5.74, 6) is -0.0918. The third-order valence-corrected chi connectivity index (χ3v) is 4.83. The second kappa shape index (κ2) is 7.55. The van der Waals surface area contributed by atoms with Crippen LogP contribution >= 0.6 is 0 Å². The summed E-state index contributed by atoms with van der Waals surface area (Å²) >= 11 is 0. The molecule has 1 saturated carbocycles. The summed E-state index contributed by atoms with van der Waals surface area (Å²) in [5.41, 5.74) is 0.362. The van der Waals surface area contributed by atoms with Crippen LogP contribution in [-0.4, -0.2) is 37.7 Å². The maximum absolute atomic E-state index is 12.5. The molecule has 1 aromatic carbocycles. The molecule has 0 bridgehead atoms. The van der Waals surface area contributed by atoms with Gasteiger partial charge >= 0.3 is 5.97 Å². The van der Waals surface area contributed by atoms with Crippen molar-refractivity contribution < 1.29 is 24.2 Å². The molecule has 1 amide bonds. The fraction of sp³-hybridized carbons (Fsp3) is 0.556. The highest BCUT2D eigenvalue weighted by atomic mass is 16.5. The molecular formula is C18H25NO5. The van der Waals surface area contributed by atoms with E-state index in [-0.39, 0.29) is 12.5 Å². The summed E-state index contributed by atoms with van der Waals surface area (Å²) in [7, 11) is 3.05. The first kappa shape index (κ1) is 18.1. The number of hydrogen-bond acceptors (Lipinski definition) is 4. The van der Waals surface area contributed by atoms with Gasteiger partial charge in [-0.05, 0) is 37.5 Å². The minimum absolute atomic E-state index is 0.148. The predicted molar refractivity (Wildman–Crippen MR) is 89.8 cm³/mol. The van der Waals surface area contributed by atoms with Crippen LogP contribution in [0.1, 0.15) is 48.0 Å². The first-order valence-corrected chi connectivity index (χ1v) is 8.18. The lowest BCUT2D eigenvalue weighted by Gasteiger charge is -2.33. The molecule has 0 aliphatic heterocycles. The summed E-state index contributed by atoms with van der Waals surface area (Å²) in [4.78, 5) is 24.2. The number of ether oxygens (including phenoxy) is 2. The van der Waals surface area contributed by atoms with Crippen LogP contribution < -0.4 is 14.8 Å². The van der Waals surface area contributed by atoms with Crippen LogP contribution in [0.15, 0.2) is 12.1 Å². The fourth-order valence-corrected chi connectivity index (χ4v) is 3.26. The molecule has 0 unspecified atom stereocenters. The number of benzene rings is 1. The standard InChI is InChI=1S/C18H25NO5/c1-12-9-14(23-2)15(24-3)10-13(12)16(20)19-11-18(17(21)22)7-5-4-6-8-18/h9-10H,4-8,11H2,1-3H3,(H,19,20)(H,21,22). The summed E-state index contributed by atoms with van der Waals surface area (Å²) < 4.78 is 10.5. The minimum atomic E-state index is -0.849. The van der Waals surface area contributed by atoms with Crippen molar-refractivity contribution in [3.05, 3.63) is 23.3 Å². The smallest absolute Gasteiger partial charge is 0.311 e. The van der Waals surface area contributed by atoms with Gasteiger partial charge < -0.3 is 19.9 Å². The Balaban J connectivity index is 2.16. The number of carboxylic acids is 1. The third-order valence-electron chi connectivity index (χ3n) is 4.83. The number of amides is 1. The van der Waals surface area contributed by atoms with E-state index in [0.717, 1.165) is 24.8 Å². The van der Waals surface area contributed by atoms with Crippen molar-refractivity contribution in [2.24, 2.45) is 5.41 Å². The molecule has 0 atom stereocenters. The quantitative estimate of drug-likeness (QED) is 0.835. The SMILES string of the molecule is COc1cc(C)c(C(=O)NCC2(C(=O)O)CCCCC2)cc1OC. The van der Waals surface area contributed by atoms with Crippen LogP contribution in [0, 0.1) is 12.3 Å². The van der Waals surface area contributed by atoms with Gasteiger partial charge in [0, 0.05) is 12.1 Å². The number of carbonyl (C=O) groups is 2. The first-order chi connectivity index (χ1) is 11.4. The third kappa shape index (κ3) is 3.63. The summed E-state index contributed by atoms with van der Waals surface area (Å²) in [6, 6.07) is 3.36. The molecule has 2 N–H and O–H groups in total. The Morgan fingerprint density at radius 2 is 1.71 bits per heavy atom. The van der Waals surface area contributed by atoms with E-state index >= 15 is 0 Å². The molecule has 1 aliphatic carbocycles. The summed E-state index contributed by atoms with van der Waals surface area (Å²) in [5, 5.41) is 12.4. The molecule has 2 rings (SSSR count). The van der Waals surface area contributed by atoms with Crippen LogP contribution in [0.2, 0.25) is 0 Å². The molecule has 0 heterocycles.